The number of anilines is 1. The maximum atomic E-state index is 12.1. The molecular formula is C23H30N2O3. The van der Waals surface area contributed by atoms with Crippen molar-refractivity contribution in [2.45, 2.75) is 38.7 Å². The molecule has 150 valence electrons. The largest absolute Gasteiger partial charge is 0.484 e. The highest BCUT2D eigenvalue weighted by molar-refractivity contribution is 5.77. The Hall–Kier alpha value is -2.53. The van der Waals surface area contributed by atoms with Crippen LogP contribution >= 0.6 is 0 Å². The van der Waals surface area contributed by atoms with E-state index < -0.39 is 6.10 Å². The lowest BCUT2D eigenvalue weighted by Crippen LogP contribution is -2.32. The fraction of sp³-hybridized carbons (Fsp3) is 0.435. The van der Waals surface area contributed by atoms with Crippen molar-refractivity contribution in [1.29, 1.82) is 0 Å². The number of hydrogen-bond acceptors (Lipinski definition) is 4. The van der Waals surface area contributed by atoms with Gasteiger partial charge < -0.3 is 20.1 Å². The van der Waals surface area contributed by atoms with E-state index in [1.807, 2.05) is 42.5 Å². The monoisotopic (exact) mass is 382 g/mol. The van der Waals surface area contributed by atoms with Crippen molar-refractivity contribution < 1.29 is 14.6 Å². The molecule has 1 heterocycles. The minimum atomic E-state index is -0.730. The first-order valence-electron chi connectivity index (χ1n) is 9.76. The van der Waals surface area contributed by atoms with Gasteiger partial charge in [0.2, 0.25) is 0 Å². The summed E-state index contributed by atoms with van der Waals surface area (Å²) in [6.07, 6.45) is 0.256. The summed E-state index contributed by atoms with van der Waals surface area (Å²) in [6.45, 7) is 7.55. The molecule has 0 aliphatic carbocycles. The molecule has 1 aliphatic rings. The van der Waals surface area contributed by atoms with E-state index in [0.717, 1.165) is 18.5 Å². The van der Waals surface area contributed by atoms with Gasteiger partial charge in [0.15, 0.2) is 6.61 Å². The van der Waals surface area contributed by atoms with Gasteiger partial charge in [0.1, 0.15) is 5.75 Å². The van der Waals surface area contributed by atoms with E-state index in [4.69, 9.17) is 4.74 Å². The molecule has 0 fully saturated rings. The average molecular weight is 383 g/mol. The van der Waals surface area contributed by atoms with Crippen molar-refractivity contribution in [2.75, 3.05) is 31.6 Å². The number of carbonyl (C=O) groups excluding carboxylic acids is 1. The zero-order valence-corrected chi connectivity index (χ0v) is 17.2. The Morgan fingerprint density at radius 1 is 1.21 bits per heavy atom. The smallest absolute Gasteiger partial charge is 0.258 e. The van der Waals surface area contributed by atoms with E-state index in [1.165, 1.54) is 16.8 Å². The second kappa shape index (κ2) is 8.23. The summed E-state index contributed by atoms with van der Waals surface area (Å²) in [7, 11) is 2.07. The molecule has 2 N–H and O–H groups in total. The van der Waals surface area contributed by atoms with Gasteiger partial charge in [0.05, 0.1) is 6.10 Å². The van der Waals surface area contributed by atoms with Crippen LogP contribution in [0.2, 0.25) is 0 Å². The van der Waals surface area contributed by atoms with Gasteiger partial charge in [0, 0.05) is 25.8 Å². The van der Waals surface area contributed by atoms with Crippen LogP contribution in [0.5, 0.6) is 5.75 Å². The number of amides is 1. The summed E-state index contributed by atoms with van der Waals surface area (Å²) in [5.41, 5.74) is 4.58. The quantitative estimate of drug-likeness (QED) is 0.805. The molecule has 2 aromatic rings. The lowest BCUT2D eigenvalue weighted by molar-refractivity contribution is -0.123. The predicted molar refractivity (Wildman–Crippen MR) is 112 cm³/mol. The zero-order chi connectivity index (χ0) is 20.3. The molecule has 0 radical (unpaired) electrons. The lowest BCUT2D eigenvalue weighted by Gasteiger charge is -2.19. The van der Waals surface area contributed by atoms with Crippen LogP contribution in [0.3, 0.4) is 0 Å². The van der Waals surface area contributed by atoms with Crippen LogP contribution in [0.25, 0.3) is 0 Å². The molecule has 1 amide bonds. The van der Waals surface area contributed by atoms with Crippen LogP contribution in [0.1, 0.15) is 43.6 Å². The van der Waals surface area contributed by atoms with E-state index in [2.05, 4.69) is 38.0 Å². The number of aliphatic hydroxyl groups excluding tert-OH is 1. The Kier molecular flexibility index (Phi) is 5.94. The molecular weight excluding hydrogens is 352 g/mol. The molecule has 28 heavy (non-hydrogen) atoms. The second-order valence-corrected chi connectivity index (χ2v) is 8.44. The number of carbonyl (C=O) groups is 1. The van der Waals surface area contributed by atoms with E-state index >= 15 is 0 Å². The minimum absolute atomic E-state index is 0.0729. The molecule has 5 heteroatoms. The van der Waals surface area contributed by atoms with Gasteiger partial charge in [-0.15, -0.1) is 0 Å². The first-order valence-corrected chi connectivity index (χ1v) is 9.76. The number of likely N-dealkylation sites (N-methyl/N-ethyl adjacent to an activating group) is 1. The maximum Gasteiger partial charge on any atom is 0.258 e. The molecule has 1 unspecified atom stereocenters. The Morgan fingerprint density at radius 2 is 1.93 bits per heavy atom. The minimum Gasteiger partial charge on any atom is -0.484 e. The summed E-state index contributed by atoms with van der Waals surface area (Å²) in [5, 5.41) is 13.1. The molecule has 0 saturated carbocycles. The number of nitrogens with zero attached hydrogens (tertiary/aromatic N) is 1. The van der Waals surface area contributed by atoms with Crippen molar-refractivity contribution in [3.63, 3.8) is 0 Å². The first-order chi connectivity index (χ1) is 13.2. The standard InChI is InChI=1S/C23H30N2O3/c1-23(2,3)18-6-8-19(9-7-18)28-15-22(27)24-14-21(26)17-5-10-20-16(13-17)11-12-25(20)4/h5-10,13,21,26H,11-12,14-15H2,1-4H3,(H,24,27). The molecule has 0 bridgehead atoms. The van der Waals surface area contributed by atoms with Crippen molar-refractivity contribution in [3.05, 3.63) is 59.2 Å². The predicted octanol–water partition coefficient (Wildman–Crippen LogP) is 3.21. The highest BCUT2D eigenvalue weighted by atomic mass is 16.5. The van der Waals surface area contributed by atoms with Crippen LogP contribution in [0, 0.1) is 0 Å². The fourth-order valence-corrected chi connectivity index (χ4v) is 3.37. The van der Waals surface area contributed by atoms with E-state index in [0.29, 0.717) is 5.75 Å². The van der Waals surface area contributed by atoms with Crippen LogP contribution in [-0.4, -0.2) is 37.8 Å². The number of aliphatic hydroxyl groups is 1. The maximum absolute atomic E-state index is 12.1. The zero-order valence-electron chi connectivity index (χ0n) is 17.2. The van der Waals surface area contributed by atoms with Crippen molar-refractivity contribution >= 4 is 11.6 Å². The Bertz CT molecular complexity index is 825. The first kappa shape index (κ1) is 20.2. The highest BCUT2D eigenvalue weighted by Gasteiger charge is 2.18. The Labute approximate surface area is 167 Å². The lowest BCUT2D eigenvalue weighted by atomic mass is 9.87. The Morgan fingerprint density at radius 3 is 2.61 bits per heavy atom. The van der Waals surface area contributed by atoms with Gasteiger partial charge >= 0.3 is 0 Å². The number of benzene rings is 2. The van der Waals surface area contributed by atoms with Gasteiger partial charge in [-0.1, -0.05) is 45.0 Å². The second-order valence-electron chi connectivity index (χ2n) is 8.44. The summed E-state index contributed by atoms with van der Waals surface area (Å²) in [5.74, 6) is 0.409. The molecule has 0 saturated heterocycles. The average Bonchev–Trinajstić information content (AvgIpc) is 3.04. The van der Waals surface area contributed by atoms with E-state index in [9.17, 15) is 9.90 Å². The summed E-state index contributed by atoms with van der Waals surface area (Å²) in [4.78, 5) is 14.3. The van der Waals surface area contributed by atoms with Crippen molar-refractivity contribution in [1.82, 2.24) is 5.32 Å². The molecule has 0 aromatic heterocycles. The van der Waals surface area contributed by atoms with E-state index in [-0.39, 0.29) is 24.5 Å². The van der Waals surface area contributed by atoms with Crippen LogP contribution in [0.4, 0.5) is 5.69 Å². The molecule has 0 spiro atoms. The molecule has 1 atom stereocenters. The normalized spacial score (nSPS) is 14.5. The highest BCUT2D eigenvalue weighted by Crippen LogP contribution is 2.29. The molecule has 1 aliphatic heterocycles. The fourth-order valence-electron chi connectivity index (χ4n) is 3.37. The SMILES string of the molecule is CN1CCc2cc(C(O)CNC(=O)COc3ccc(C(C)(C)C)cc3)ccc21. The van der Waals surface area contributed by atoms with Gasteiger partial charge in [-0.05, 0) is 46.7 Å². The number of ether oxygens (including phenoxy) is 1. The van der Waals surface area contributed by atoms with Crippen molar-refractivity contribution in [3.8, 4) is 5.75 Å². The number of fused-ring (bicyclic) bond motifs is 1. The number of hydrogen-bond donors (Lipinski definition) is 2. The Balaban J connectivity index is 1.46. The molecule has 5 nitrogen and oxygen atoms in total. The van der Waals surface area contributed by atoms with Gasteiger partial charge in [-0.2, -0.15) is 0 Å². The van der Waals surface area contributed by atoms with Crippen LogP contribution < -0.4 is 15.0 Å². The summed E-state index contributed by atoms with van der Waals surface area (Å²) < 4.78 is 5.55. The third-order valence-corrected chi connectivity index (χ3v) is 5.20. The molecule has 3 rings (SSSR count). The van der Waals surface area contributed by atoms with Gasteiger partial charge in [0.25, 0.3) is 5.91 Å². The molecule has 2 aromatic carbocycles. The van der Waals surface area contributed by atoms with Gasteiger partial charge in [-0.3, -0.25) is 4.79 Å². The van der Waals surface area contributed by atoms with Crippen LogP contribution in [0.15, 0.2) is 42.5 Å². The summed E-state index contributed by atoms with van der Waals surface area (Å²) in [6, 6.07) is 13.8. The van der Waals surface area contributed by atoms with Crippen molar-refractivity contribution in [2.24, 2.45) is 0 Å². The topological polar surface area (TPSA) is 61.8 Å². The van der Waals surface area contributed by atoms with Crippen LogP contribution in [-0.2, 0) is 16.6 Å². The third-order valence-electron chi connectivity index (χ3n) is 5.20. The summed E-state index contributed by atoms with van der Waals surface area (Å²) >= 11 is 0. The third kappa shape index (κ3) is 4.84. The van der Waals surface area contributed by atoms with Gasteiger partial charge in [-0.25, -0.2) is 0 Å². The van der Waals surface area contributed by atoms with E-state index in [1.54, 1.807) is 0 Å². The number of rotatable bonds is 6. The number of nitrogens with one attached hydrogen (secondary N) is 1.